The summed E-state index contributed by atoms with van der Waals surface area (Å²) in [7, 11) is -1.48. The van der Waals surface area contributed by atoms with Crippen molar-refractivity contribution in [1.82, 2.24) is 4.90 Å². The number of likely N-dealkylation sites (tertiary alicyclic amines) is 1. The summed E-state index contributed by atoms with van der Waals surface area (Å²) >= 11 is 0. The van der Waals surface area contributed by atoms with Crippen LogP contribution in [0.2, 0.25) is 0 Å². The molecule has 0 saturated carbocycles. The molecule has 1 saturated heterocycles. The second-order valence-corrected chi connectivity index (χ2v) is 7.71. The molecule has 0 atom stereocenters. The summed E-state index contributed by atoms with van der Waals surface area (Å²) < 4.78 is 29.0. The molecule has 0 spiro atoms. The molecule has 2 rings (SSSR count). The molecule has 0 radical (unpaired) electrons. The van der Waals surface area contributed by atoms with Crippen molar-refractivity contribution in [3.8, 4) is 5.75 Å². The first-order valence-electron chi connectivity index (χ1n) is 7.13. The third-order valence-electron chi connectivity index (χ3n) is 3.98. The minimum absolute atomic E-state index is 0.0974. The molecule has 1 heterocycles. The Hall–Kier alpha value is -1.56. The number of amides is 1. The number of hydrogen-bond acceptors (Lipinski definition) is 4. The smallest absolute Gasteiger partial charge is 0.257 e. The number of carbonyl (C=O) groups excluding carboxylic acids is 1. The van der Waals surface area contributed by atoms with Crippen LogP contribution in [-0.4, -0.2) is 50.4 Å². The van der Waals surface area contributed by atoms with Gasteiger partial charge in [0.15, 0.2) is 9.84 Å². The SMILES string of the molecule is CCS(=O)(=O)C1CCN(C(=O)c2ccccc2OC)CC1. The highest BCUT2D eigenvalue weighted by Gasteiger charge is 2.31. The lowest BCUT2D eigenvalue weighted by Crippen LogP contribution is -2.42. The summed E-state index contributed by atoms with van der Waals surface area (Å²) in [5, 5.41) is -0.316. The number of sulfone groups is 1. The van der Waals surface area contributed by atoms with Crippen LogP contribution in [0.1, 0.15) is 30.1 Å². The number of ether oxygens (including phenoxy) is 1. The largest absolute Gasteiger partial charge is 0.496 e. The molecule has 1 fully saturated rings. The molecule has 0 aromatic heterocycles. The zero-order valence-electron chi connectivity index (χ0n) is 12.4. The number of piperidine rings is 1. The second kappa shape index (κ2) is 6.47. The summed E-state index contributed by atoms with van der Waals surface area (Å²) in [6.07, 6.45) is 1.02. The van der Waals surface area contributed by atoms with E-state index in [0.717, 1.165) is 0 Å². The van der Waals surface area contributed by atoms with Gasteiger partial charge < -0.3 is 9.64 Å². The molecule has 0 unspecified atom stereocenters. The van der Waals surface area contributed by atoms with Crippen molar-refractivity contribution in [2.75, 3.05) is 26.0 Å². The fourth-order valence-electron chi connectivity index (χ4n) is 2.65. The normalized spacial score (nSPS) is 16.8. The van der Waals surface area contributed by atoms with Crippen molar-refractivity contribution < 1.29 is 17.9 Å². The fourth-order valence-corrected chi connectivity index (χ4v) is 4.05. The highest BCUT2D eigenvalue weighted by atomic mass is 32.2. The van der Waals surface area contributed by atoms with Crippen LogP contribution >= 0.6 is 0 Å². The maximum atomic E-state index is 12.5. The van der Waals surface area contributed by atoms with Crippen molar-refractivity contribution in [1.29, 1.82) is 0 Å². The zero-order chi connectivity index (χ0) is 15.5. The first kappa shape index (κ1) is 15.8. The van der Waals surface area contributed by atoms with E-state index in [2.05, 4.69) is 0 Å². The summed E-state index contributed by atoms with van der Waals surface area (Å²) in [6, 6.07) is 7.09. The number of hydrogen-bond donors (Lipinski definition) is 0. The van der Waals surface area contributed by atoms with Crippen molar-refractivity contribution in [3.63, 3.8) is 0 Å². The van der Waals surface area contributed by atoms with Crippen LogP contribution in [-0.2, 0) is 9.84 Å². The molecule has 1 aromatic rings. The maximum absolute atomic E-state index is 12.5. The van der Waals surface area contributed by atoms with E-state index >= 15 is 0 Å². The Morgan fingerprint density at radius 1 is 1.29 bits per heavy atom. The molecular formula is C15H21NO4S. The molecule has 21 heavy (non-hydrogen) atoms. The standard InChI is InChI=1S/C15H21NO4S/c1-3-21(18,19)12-8-10-16(11-9-12)15(17)13-6-4-5-7-14(13)20-2/h4-7,12H,3,8-11H2,1-2H3. The van der Waals surface area contributed by atoms with Crippen LogP contribution < -0.4 is 4.74 Å². The quantitative estimate of drug-likeness (QED) is 0.849. The minimum atomic E-state index is -3.01. The number of carbonyl (C=O) groups is 1. The third-order valence-corrected chi connectivity index (χ3v) is 6.27. The van der Waals surface area contributed by atoms with Gasteiger partial charge in [0, 0.05) is 18.8 Å². The molecule has 6 heteroatoms. The molecular weight excluding hydrogens is 290 g/mol. The lowest BCUT2D eigenvalue weighted by atomic mass is 10.1. The lowest BCUT2D eigenvalue weighted by Gasteiger charge is -2.31. The molecule has 116 valence electrons. The van der Waals surface area contributed by atoms with E-state index in [1.165, 1.54) is 7.11 Å². The number of nitrogens with zero attached hydrogens (tertiary/aromatic N) is 1. The maximum Gasteiger partial charge on any atom is 0.257 e. The Kier molecular flexibility index (Phi) is 4.88. The summed E-state index contributed by atoms with van der Waals surface area (Å²) in [6.45, 7) is 2.61. The van der Waals surface area contributed by atoms with Gasteiger partial charge in [0.1, 0.15) is 5.75 Å². The first-order valence-corrected chi connectivity index (χ1v) is 8.85. The van der Waals surface area contributed by atoms with Crippen molar-refractivity contribution in [2.45, 2.75) is 25.0 Å². The van der Waals surface area contributed by atoms with E-state index in [9.17, 15) is 13.2 Å². The summed E-state index contributed by atoms with van der Waals surface area (Å²) in [4.78, 5) is 14.2. The van der Waals surface area contributed by atoms with Crippen LogP contribution in [0.3, 0.4) is 0 Å². The van der Waals surface area contributed by atoms with Crippen LogP contribution in [0.15, 0.2) is 24.3 Å². The van der Waals surface area contributed by atoms with E-state index in [-0.39, 0.29) is 16.9 Å². The molecule has 1 aliphatic rings. The highest BCUT2D eigenvalue weighted by molar-refractivity contribution is 7.92. The van der Waals surface area contributed by atoms with E-state index in [1.54, 1.807) is 30.0 Å². The Labute approximate surface area is 125 Å². The van der Waals surface area contributed by atoms with Crippen LogP contribution in [0.5, 0.6) is 5.75 Å². The molecule has 1 aliphatic heterocycles. The molecule has 0 bridgehead atoms. The fraction of sp³-hybridized carbons (Fsp3) is 0.533. The molecule has 5 nitrogen and oxygen atoms in total. The van der Waals surface area contributed by atoms with Gasteiger partial charge in [0.2, 0.25) is 0 Å². The van der Waals surface area contributed by atoms with Crippen LogP contribution in [0.4, 0.5) is 0 Å². The Bertz CT molecular complexity index is 604. The predicted octanol–water partition coefficient (Wildman–Crippen LogP) is 1.73. The third kappa shape index (κ3) is 3.37. The van der Waals surface area contributed by atoms with Crippen molar-refractivity contribution in [2.24, 2.45) is 0 Å². The first-order chi connectivity index (χ1) is 9.99. The van der Waals surface area contributed by atoms with E-state index in [4.69, 9.17) is 4.74 Å². The molecule has 1 aromatic carbocycles. The average Bonchev–Trinajstić information content (AvgIpc) is 2.54. The predicted molar refractivity (Wildman–Crippen MR) is 81.4 cm³/mol. The van der Waals surface area contributed by atoms with Crippen LogP contribution in [0.25, 0.3) is 0 Å². The van der Waals surface area contributed by atoms with Gasteiger partial charge in [-0.25, -0.2) is 8.42 Å². The van der Waals surface area contributed by atoms with Gasteiger partial charge in [0.25, 0.3) is 5.91 Å². The van der Waals surface area contributed by atoms with E-state index in [0.29, 0.717) is 37.2 Å². The van der Waals surface area contributed by atoms with Crippen molar-refractivity contribution >= 4 is 15.7 Å². The topological polar surface area (TPSA) is 63.7 Å². The number of methoxy groups -OCH3 is 1. The van der Waals surface area contributed by atoms with Gasteiger partial charge in [-0.3, -0.25) is 4.79 Å². The number of rotatable bonds is 4. The van der Waals surface area contributed by atoms with Gasteiger partial charge in [-0.2, -0.15) is 0 Å². The minimum Gasteiger partial charge on any atom is -0.496 e. The monoisotopic (exact) mass is 311 g/mol. The molecule has 1 amide bonds. The van der Waals surface area contributed by atoms with Gasteiger partial charge in [0.05, 0.1) is 17.9 Å². The Morgan fingerprint density at radius 2 is 1.90 bits per heavy atom. The van der Waals surface area contributed by atoms with Gasteiger partial charge in [-0.05, 0) is 25.0 Å². The van der Waals surface area contributed by atoms with E-state index in [1.807, 2.05) is 6.07 Å². The van der Waals surface area contributed by atoms with Gasteiger partial charge >= 0.3 is 0 Å². The number of benzene rings is 1. The highest BCUT2D eigenvalue weighted by Crippen LogP contribution is 2.23. The van der Waals surface area contributed by atoms with Gasteiger partial charge in [-0.1, -0.05) is 19.1 Å². The Balaban J connectivity index is 2.07. The zero-order valence-corrected chi connectivity index (χ0v) is 13.2. The van der Waals surface area contributed by atoms with Gasteiger partial charge in [-0.15, -0.1) is 0 Å². The van der Waals surface area contributed by atoms with E-state index < -0.39 is 9.84 Å². The van der Waals surface area contributed by atoms with Crippen LogP contribution in [0, 0.1) is 0 Å². The molecule has 0 N–H and O–H groups in total. The average molecular weight is 311 g/mol. The molecule has 0 aliphatic carbocycles. The lowest BCUT2D eigenvalue weighted by molar-refractivity contribution is 0.0722. The number of para-hydroxylation sites is 1. The Morgan fingerprint density at radius 3 is 2.48 bits per heavy atom. The summed E-state index contributed by atoms with van der Waals surface area (Å²) in [5.41, 5.74) is 0.525. The second-order valence-electron chi connectivity index (χ2n) is 5.14. The van der Waals surface area contributed by atoms with Crippen molar-refractivity contribution in [3.05, 3.63) is 29.8 Å². The summed E-state index contributed by atoms with van der Waals surface area (Å²) in [5.74, 6) is 0.614.